The van der Waals surface area contributed by atoms with Crippen molar-refractivity contribution >= 4 is 35.6 Å². The van der Waals surface area contributed by atoms with Crippen LogP contribution in [0.1, 0.15) is 20.3 Å². The highest BCUT2D eigenvalue weighted by Gasteiger charge is 2.14. The average Bonchev–Trinajstić information content (AvgIpc) is 2.36. The van der Waals surface area contributed by atoms with Gasteiger partial charge in [0.1, 0.15) is 5.75 Å². The molecule has 1 unspecified atom stereocenters. The normalized spacial score (nSPS) is 11.4. The fourth-order valence-corrected chi connectivity index (χ4v) is 1.64. The predicted molar refractivity (Wildman–Crippen MR) is 81.6 cm³/mol. The number of carbonyl (C=O) groups is 1. The molecule has 0 aromatic heterocycles. The molecule has 0 fully saturated rings. The molecular weight excluding hydrogens is 287 g/mol. The summed E-state index contributed by atoms with van der Waals surface area (Å²) < 4.78 is 5.17. The topological polar surface area (TPSA) is 50.4 Å². The summed E-state index contributed by atoms with van der Waals surface area (Å²) in [5, 5.41) is 6.47. The van der Waals surface area contributed by atoms with Crippen LogP contribution in [0, 0.1) is 0 Å². The van der Waals surface area contributed by atoms with Crippen molar-refractivity contribution < 1.29 is 9.53 Å². The number of halogens is 2. The SMILES string of the molecule is CCCNC(C)C(=O)Nc1cc(Cl)ccc1OC.Cl. The smallest absolute Gasteiger partial charge is 0.241 e. The molecule has 0 aliphatic rings. The van der Waals surface area contributed by atoms with Crippen molar-refractivity contribution in [2.24, 2.45) is 0 Å². The minimum absolute atomic E-state index is 0. The number of anilines is 1. The first-order valence-electron chi connectivity index (χ1n) is 5.96. The molecule has 0 saturated heterocycles. The molecule has 108 valence electrons. The highest BCUT2D eigenvalue weighted by Crippen LogP contribution is 2.27. The highest BCUT2D eigenvalue weighted by atomic mass is 35.5. The predicted octanol–water partition coefficient (Wildman–Crippen LogP) is 3.10. The number of nitrogens with one attached hydrogen (secondary N) is 2. The Morgan fingerprint density at radius 1 is 1.47 bits per heavy atom. The van der Waals surface area contributed by atoms with Crippen LogP contribution in [0.5, 0.6) is 5.75 Å². The van der Waals surface area contributed by atoms with Gasteiger partial charge in [0.15, 0.2) is 0 Å². The van der Waals surface area contributed by atoms with Gasteiger partial charge in [-0.05, 0) is 38.1 Å². The van der Waals surface area contributed by atoms with Gasteiger partial charge in [-0.25, -0.2) is 0 Å². The lowest BCUT2D eigenvalue weighted by molar-refractivity contribution is -0.117. The first kappa shape index (κ1) is 18.0. The number of amides is 1. The van der Waals surface area contributed by atoms with Crippen molar-refractivity contribution in [1.82, 2.24) is 5.32 Å². The molecule has 19 heavy (non-hydrogen) atoms. The second kappa shape index (κ2) is 9.02. The molecule has 0 aliphatic heterocycles. The molecule has 0 heterocycles. The van der Waals surface area contributed by atoms with Crippen molar-refractivity contribution in [3.8, 4) is 5.75 Å². The maximum absolute atomic E-state index is 11.9. The van der Waals surface area contributed by atoms with Crippen molar-refractivity contribution in [3.63, 3.8) is 0 Å². The summed E-state index contributed by atoms with van der Waals surface area (Å²) in [6.45, 7) is 4.68. The molecule has 0 radical (unpaired) electrons. The molecular formula is C13H20Cl2N2O2. The minimum atomic E-state index is -0.256. The maximum Gasteiger partial charge on any atom is 0.241 e. The van der Waals surface area contributed by atoms with E-state index < -0.39 is 0 Å². The van der Waals surface area contributed by atoms with Crippen LogP contribution in [-0.4, -0.2) is 25.6 Å². The summed E-state index contributed by atoms with van der Waals surface area (Å²) in [5.41, 5.74) is 0.583. The van der Waals surface area contributed by atoms with Gasteiger partial charge in [0.25, 0.3) is 0 Å². The Hall–Kier alpha value is -0.970. The molecule has 0 saturated carbocycles. The number of carbonyl (C=O) groups excluding carboxylic acids is 1. The summed E-state index contributed by atoms with van der Waals surface area (Å²) >= 11 is 5.90. The Balaban J connectivity index is 0.00000324. The van der Waals surface area contributed by atoms with Gasteiger partial charge in [0.05, 0.1) is 18.8 Å². The third-order valence-electron chi connectivity index (χ3n) is 2.51. The monoisotopic (exact) mass is 306 g/mol. The summed E-state index contributed by atoms with van der Waals surface area (Å²) in [4.78, 5) is 11.9. The Morgan fingerprint density at radius 2 is 2.16 bits per heavy atom. The van der Waals surface area contributed by atoms with E-state index >= 15 is 0 Å². The van der Waals surface area contributed by atoms with Crippen LogP contribution in [0.4, 0.5) is 5.69 Å². The molecule has 1 atom stereocenters. The van der Waals surface area contributed by atoms with Gasteiger partial charge in [0, 0.05) is 5.02 Å². The zero-order chi connectivity index (χ0) is 13.5. The van der Waals surface area contributed by atoms with Crippen LogP contribution in [0.2, 0.25) is 5.02 Å². The summed E-state index contributed by atoms with van der Waals surface area (Å²) in [6, 6.07) is 4.86. The Morgan fingerprint density at radius 3 is 2.74 bits per heavy atom. The minimum Gasteiger partial charge on any atom is -0.495 e. The van der Waals surface area contributed by atoms with Crippen molar-refractivity contribution in [2.75, 3.05) is 19.0 Å². The first-order chi connectivity index (χ1) is 8.58. The fraction of sp³-hybridized carbons (Fsp3) is 0.462. The fourth-order valence-electron chi connectivity index (χ4n) is 1.47. The van der Waals surface area contributed by atoms with Crippen molar-refractivity contribution in [3.05, 3.63) is 23.2 Å². The molecule has 0 aliphatic carbocycles. The molecule has 2 N–H and O–H groups in total. The molecule has 6 heteroatoms. The molecule has 1 amide bonds. The van der Waals surface area contributed by atoms with Crippen LogP contribution >= 0.6 is 24.0 Å². The number of rotatable bonds is 6. The van der Waals surface area contributed by atoms with Gasteiger partial charge >= 0.3 is 0 Å². The van der Waals surface area contributed by atoms with E-state index in [0.717, 1.165) is 13.0 Å². The number of benzene rings is 1. The zero-order valence-electron chi connectivity index (χ0n) is 11.3. The number of hydrogen-bond donors (Lipinski definition) is 2. The van der Waals surface area contributed by atoms with Crippen molar-refractivity contribution in [1.29, 1.82) is 0 Å². The largest absolute Gasteiger partial charge is 0.495 e. The first-order valence-corrected chi connectivity index (χ1v) is 6.34. The van der Waals surface area contributed by atoms with E-state index in [-0.39, 0.29) is 24.4 Å². The highest BCUT2D eigenvalue weighted by molar-refractivity contribution is 6.31. The standard InChI is InChI=1S/C13H19ClN2O2.ClH/c1-4-7-15-9(2)13(17)16-11-8-10(14)5-6-12(11)18-3;/h5-6,8-9,15H,4,7H2,1-3H3,(H,16,17);1H. The van der Waals surface area contributed by atoms with Crippen LogP contribution in [-0.2, 0) is 4.79 Å². The third kappa shape index (κ3) is 5.68. The molecule has 0 bridgehead atoms. The summed E-state index contributed by atoms with van der Waals surface area (Å²) in [6.07, 6.45) is 0.984. The van der Waals surface area contributed by atoms with Crippen LogP contribution in [0.3, 0.4) is 0 Å². The second-order valence-electron chi connectivity index (χ2n) is 4.01. The Bertz CT molecular complexity index is 414. The zero-order valence-corrected chi connectivity index (χ0v) is 12.9. The lowest BCUT2D eigenvalue weighted by Crippen LogP contribution is -2.38. The van der Waals surface area contributed by atoms with E-state index in [1.807, 2.05) is 6.92 Å². The molecule has 1 aromatic carbocycles. The van der Waals surface area contributed by atoms with Crippen LogP contribution in [0.15, 0.2) is 18.2 Å². The molecule has 1 aromatic rings. The van der Waals surface area contributed by atoms with Gasteiger partial charge in [-0.2, -0.15) is 0 Å². The van der Waals surface area contributed by atoms with E-state index in [2.05, 4.69) is 17.6 Å². The number of ether oxygens (including phenoxy) is 1. The van der Waals surface area contributed by atoms with E-state index in [9.17, 15) is 4.79 Å². The molecule has 4 nitrogen and oxygen atoms in total. The van der Waals surface area contributed by atoms with E-state index in [1.165, 1.54) is 0 Å². The summed E-state index contributed by atoms with van der Waals surface area (Å²) in [5.74, 6) is 0.486. The maximum atomic E-state index is 11.9. The van der Waals surface area contributed by atoms with Gasteiger partial charge in [-0.3, -0.25) is 4.79 Å². The van der Waals surface area contributed by atoms with Gasteiger partial charge in [-0.1, -0.05) is 18.5 Å². The van der Waals surface area contributed by atoms with Gasteiger partial charge < -0.3 is 15.4 Å². The Labute approximate surface area is 125 Å². The lowest BCUT2D eigenvalue weighted by Gasteiger charge is -2.15. The number of hydrogen-bond acceptors (Lipinski definition) is 3. The lowest BCUT2D eigenvalue weighted by atomic mass is 10.2. The Kier molecular flexibility index (Phi) is 8.56. The molecule has 1 rings (SSSR count). The van der Waals surface area contributed by atoms with Crippen LogP contribution in [0.25, 0.3) is 0 Å². The average molecular weight is 307 g/mol. The van der Waals surface area contributed by atoms with Crippen LogP contribution < -0.4 is 15.4 Å². The van der Waals surface area contributed by atoms with Gasteiger partial charge in [-0.15, -0.1) is 12.4 Å². The van der Waals surface area contributed by atoms with Gasteiger partial charge in [0.2, 0.25) is 5.91 Å². The van der Waals surface area contributed by atoms with Crippen molar-refractivity contribution in [2.45, 2.75) is 26.3 Å². The van der Waals surface area contributed by atoms with E-state index in [4.69, 9.17) is 16.3 Å². The quantitative estimate of drug-likeness (QED) is 0.849. The second-order valence-corrected chi connectivity index (χ2v) is 4.45. The summed E-state index contributed by atoms with van der Waals surface area (Å²) in [7, 11) is 1.55. The number of methoxy groups -OCH3 is 1. The van der Waals surface area contributed by atoms with E-state index in [0.29, 0.717) is 16.5 Å². The third-order valence-corrected chi connectivity index (χ3v) is 2.75. The molecule has 0 spiro atoms. The van der Waals surface area contributed by atoms with E-state index in [1.54, 1.807) is 25.3 Å².